The second-order valence-electron chi connectivity index (χ2n) is 2.26. The van der Waals surface area contributed by atoms with Gasteiger partial charge in [-0.15, -0.1) is 12.3 Å². The van der Waals surface area contributed by atoms with E-state index in [0.29, 0.717) is 26.4 Å². The molecule has 0 unspecified atom stereocenters. The SMILES string of the molecule is C#CCCCOCCOCCO. The van der Waals surface area contributed by atoms with Gasteiger partial charge in [0.2, 0.25) is 0 Å². The van der Waals surface area contributed by atoms with E-state index in [4.69, 9.17) is 21.0 Å². The van der Waals surface area contributed by atoms with Gasteiger partial charge in [0.15, 0.2) is 0 Å². The first kappa shape index (κ1) is 11.4. The Labute approximate surface area is 73.7 Å². The minimum atomic E-state index is 0.0666. The maximum Gasteiger partial charge on any atom is 0.0701 e. The Morgan fingerprint density at radius 3 is 2.33 bits per heavy atom. The van der Waals surface area contributed by atoms with E-state index in [9.17, 15) is 0 Å². The zero-order chi connectivity index (χ0) is 9.07. The number of hydrogen-bond acceptors (Lipinski definition) is 3. The van der Waals surface area contributed by atoms with Gasteiger partial charge in [-0.3, -0.25) is 0 Å². The molecule has 0 bridgehead atoms. The number of aliphatic hydroxyl groups excluding tert-OH is 1. The van der Waals surface area contributed by atoms with Gasteiger partial charge >= 0.3 is 0 Å². The Bertz CT molecular complexity index is 117. The number of aliphatic hydroxyl groups is 1. The minimum Gasteiger partial charge on any atom is -0.394 e. The predicted molar refractivity (Wildman–Crippen MR) is 46.8 cm³/mol. The van der Waals surface area contributed by atoms with Gasteiger partial charge in [0.25, 0.3) is 0 Å². The second kappa shape index (κ2) is 10.4. The molecule has 0 aliphatic carbocycles. The summed E-state index contributed by atoms with van der Waals surface area (Å²) >= 11 is 0. The van der Waals surface area contributed by atoms with Gasteiger partial charge in [-0.1, -0.05) is 0 Å². The maximum atomic E-state index is 8.35. The molecule has 0 rings (SSSR count). The van der Waals surface area contributed by atoms with Crippen molar-refractivity contribution < 1.29 is 14.6 Å². The molecule has 0 aliphatic heterocycles. The average molecular weight is 172 g/mol. The van der Waals surface area contributed by atoms with Crippen molar-refractivity contribution in [2.45, 2.75) is 12.8 Å². The normalized spacial score (nSPS) is 9.67. The van der Waals surface area contributed by atoms with Gasteiger partial charge in [-0.2, -0.15) is 0 Å². The number of rotatable bonds is 8. The van der Waals surface area contributed by atoms with E-state index in [2.05, 4.69) is 5.92 Å². The molecule has 0 fully saturated rings. The van der Waals surface area contributed by atoms with Gasteiger partial charge in [0.1, 0.15) is 0 Å². The summed E-state index contributed by atoms with van der Waals surface area (Å²) in [4.78, 5) is 0. The van der Waals surface area contributed by atoms with E-state index in [0.717, 1.165) is 12.8 Å². The van der Waals surface area contributed by atoms with Gasteiger partial charge in [0, 0.05) is 13.0 Å². The Morgan fingerprint density at radius 2 is 1.75 bits per heavy atom. The zero-order valence-corrected chi connectivity index (χ0v) is 7.29. The van der Waals surface area contributed by atoms with Crippen LogP contribution in [-0.4, -0.2) is 38.1 Å². The molecular weight excluding hydrogens is 156 g/mol. The maximum absolute atomic E-state index is 8.35. The summed E-state index contributed by atoms with van der Waals surface area (Å²) in [7, 11) is 0. The van der Waals surface area contributed by atoms with Crippen molar-refractivity contribution in [3.63, 3.8) is 0 Å². The molecule has 0 saturated carbocycles. The molecular formula is C9H16O3. The molecule has 0 atom stereocenters. The lowest BCUT2D eigenvalue weighted by molar-refractivity contribution is 0.0328. The molecule has 0 amide bonds. The highest BCUT2D eigenvalue weighted by atomic mass is 16.5. The van der Waals surface area contributed by atoms with Crippen molar-refractivity contribution in [3.8, 4) is 12.3 Å². The molecule has 0 aromatic heterocycles. The largest absolute Gasteiger partial charge is 0.394 e. The fourth-order valence-electron chi connectivity index (χ4n) is 0.663. The van der Waals surface area contributed by atoms with Crippen LogP contribution in [0.25, 0.3) is 0 Å². The first-order valence-electron chi connectivity index (χ1n) is 4.11. The summed E-state index contributed by atoms with van der Waals surface area (Å²) in [5.74, 6) is 2.53. The summed E-state index contributed by atoms with van der Waals surface area (Å²) < 4.78 is 10.2. The summed E-state index contributed by atoms with van der Waals surface area (Å²) in [5, 5.41) is 8.35. The molecule has 0 aromatic rings. The lowest BCUT2D eigenvalue weighted by atomic mass is 10.3. The molecule has 0 spiro atoms. The molecule has 70 valence electrons. The highest BCUT2D eigenvalue weighted by Crippen LogP contribution is 1.87. The van der Waals surface area contributed by atoms with Crippen molar-refractivity contribution in [1.82, 2.24) is 0 Å². The molecule has 0 heterocycles. The monoisotopic (exact) mass is 172 g/mol. The summed E-state index contributed by atoms with van der Waals surface area (Å²) in [6.45, 7) is 2.25. The van der Waals surface area contributed by atoms with Crippen LogP contribution in [-0.2, 0) is 9.47 Å². The lowest BCUT2D eigenvalue weighted by Crippen LogP contribution is -2.07. The molecule has 0 aliphatic rings. The van der Waals surface area contributed by atoms with Gasteiger partial charge < -0.3 is 14.6 Å². The van der Waals surface area contributed by atoms with E-state index in [-0.39, 0.29) is 6.61 Å². The fourth-order valence-corrected chi connectivity index (χ4v) is 0.663. The Hall–Kier alpha value is -0.560. The van der Waals surface area contributed by atoms with Crippen molar-refractivity contribution in [2.75, 3.05) is 33.0 Å². The molecule has 1 N–H and O–H groups in total. The van der Waals surface area contributed by atoms with Crippen LogP contribution in [0.4, 0.5) is 0 Å². The first-order valence-corrected chi connectivity index (χ1v) is 4.11. The van der Waals surface area contributed by atoms with Crippen molar-refractivity contribution in [2.24, 2.45) is 0 Å². The lowest BCUT2D eigenvalue weighted by Gasteiger charge is -2.02. The van der Waals surface area contributed by atoms with Gasteiger partial charge in [0.05, 0.1) is 26.4 Å². The van der Waals surface area contributed by atoms with Gasteiger partial charge in [-0.25, -0.2) is 0 Å². The Kier molecular flexibility index (Phi) is 9.95. The smallest absolute Gasteiger partial charge is 0.0701 e. The molecule has 0 aromatic carbocycles. The number of terminal acetylenes is 1. The molecule has 0 saturated heterocycles. The Morgan fingerprint density at radius 1 is 1.08 bits per heavy atom. The standard InChI is InChI=1S/C9H16O3/c1-2-3-4-6-11-8-9-12-7-5-10/h1,10H,3-9H2. The van der Waals surface area contributed by atoms with Gasteiger partial charge in [-0.05, 0) is 6.42 Å². The quantitative estimate of drug-likeness (QED) is 0.426. The van der Waals surface area contributed by atoms with Crippen LogP contribution >= 0.6 is 0 Å². The topological polar surface area (TPSA) is 38.7 Å². The molecule has 12 heavy (non-hydrogen) atoms. The highest BCUT2D eigenvalue weighted by molar-refractivity contribution is 4.82. The number of ether oxygens (including phenoxy) is 2. The number of hydrogen-bond donors (Lipinski definition) is 1. The second-order valence-corrected chi connectivity index (χ2v) is 2.26. The van der Waals surface area contributed by atoms with Crippen LogP contribution in [0, 0.1) is 12.3 Å². The third kappa shape index (κ3) is 9.44. The third-order valence-electron chi connectivity index (χ3n) is 1.22. The molecule has 0 radical (unpaired) electrons. The van der Waals surface area contributed by atoms with Crippen LogP contribution in [0.15, 0.2) is 0 Å². The van der Waals surface area contributed by atoms with E-state index in [1.54, 1.807) is 0 Å². The first-order chi connectivity index (χ1) is 5.91. The van der Waals surface area contributed by atoms with Crippen LogP contribution in [0.3, 0.4) is 0 Å². The van der Waals surface area contributed by atoms with Crippen LogP contribution in [0.1, 0.15) is 12.8 Å². The minimum absolute atomic E-state index is 0.0666. The summed E-state index contributed by atoms with van der Waals surface area (Å²) in [5.41, 5.74) is 0. The molecule has 3 heteroatoms. The van der Waals surface area contributed by atoms with Crippen LogP contribution in [0.2, 0.25) is 0 Å². The van der Waals surface area contributed by atoms with Crippen molar-refractivity contribution in [1.29, 1.82) is 0 Å². The summed E-state index contributed by atoms with van der Waals surface area (Å²) in [6, 6.07) is 0. The zero-order valence-electron chi connectivity index (χ0n) is 7.29. The average Bonchev–Trinajstić information content (AvgIpc) is 2.10. The number of unbranched alkanes of at least 4 members (excludes halogenated alkanes) is 1. The Balaban J connectivity index is 2.78. The molecule has 3 nitrogen and oxygen atoms in total. The van der Waals surface area contributed by atoms with E-state index in [1.165, 1.54) is 0 Å². The van der Waals surface area contributed by atoms with E-state index < -0.39 is 0 Å². The highest BCUT2D eigenvalue weighted by Gasteiger charge is 1.88. The van der Waals surface area contributed by atoms with E-state index >= 15 is 0 Å². The van der Waals surface area contributed by atoms with Crippen LogP contribution < -0.4 is 0 Å². The van der Waals surface area contributed by atoms with Crippen molar-refractivity contribution in [3.05, 3.63) is 0 Å². The van der Waals surface area contributed by atoms with Crippen molar-refractivity contribution >= 4 is 0 Å². The van der Waals surface area contributed by atoms with E-state index in [1.807, 2.05) is 0 Å². The summed E-state index contributed by atoms with van der Waals surface area (Å²) in [6.07, 6.45) is 6.71. The van der Waals surface area contributed by atoms with Crippen LogP contribution in [0.5, 0.6) is 0 Å². The third-order valence-corrected chi connectivity index (χ3v) is 1.22. The predicted octanol–water partition coefficient (Wildman–Crippen LogP) is 0.425. The fraction of sp³-hybridized carbons (Fsp3) is 0.778.